The Labute approximate surface area is 122 Å². The van der Waals surface area contributed by atoms with Gasteiger partial charge in [0.2, 0.25) is 0 Å². The van der Waals surface area contributed by atoms with Crippen LogP contribution in [-0.4, -0.2) is 41.7 Å². The number of carbonyl (C=O) groups is 1. The number of ether oxygens (including phenoxy) is 2. The third kappa shape index (κ3) is 3.29. The molecule has 0 aliphatic rings. The van der Waals surface area contributed by atoms with Crippen molar-refractivity contribution in [1.82, 2.24) is 9.78 Å². The molecule has 6 heteroatoms. The van der Waals surface area contributed by atoms with E-state index in [1.165, 1.54) is 0 Å². The number of aryl methyl sites for hydroxylation is 1. The molecule has 1 aromatic carbocycles. The van der Waals surface area contributed by atoms with E-state index in [1.807, 2.05) is 24.3 Å². The molecule has 0 bridgehead atoms. The van der Waals surface area contributed by atoms with Crippen LogP contribution in [0.4, 0.5) is 0 Å². The van der Waals surface area contributed by atoms with Crippen molar-refractivity contribution in [3.8, 4) is 11.3 Å². The molecule has 0 saturated heterocycles. The molecular weight excluding hydrogens is 272 g/mol. The van der Waals surface area contributed by atoms with Crippen molar-refractivity contribution in [1.29, 1.82) is 0 Å². The fraction of sp³-hybridized carbons (Fsp3) is 0.333. The van der Waals surface area contributed by atoms with Crippen molar-refractivity contribution in [2.75, 3.05) is 20.8 Å². The topological polar surface area (TPSA) is 73.6 Å². The molecule has 2 rings (SSSR count). The van der Waals surface area contributed by atoms with Crippen LogP contribution in [0.15, 0.2) is 30.3 Å². The molecule has 0 spiro atoms. The lowest BCUT2D eigenvalue weighted by Crippen LogP contribution is -2.08. The Morgan fingerprint density at radius 3 is 2.71 bits per heavy atom. The number of aromatic nitrogens is 2. The normalized spacial score (nSPS) is 12.3. The van der Waals surface area contributed by atoms with Crippen molar-refractivity contribution >= 4 is 5.97 Å². The lowest BCUT2D eigenvalue weighted by molar-refractivity contribution is 0.0275. The summed E-state index contributed by atoms with van der Waals surface area (Å²) in [6.07, 6.45) is -0.165. The summed E-state index contributed by atoms with van der Waals surface area (Å²) in [7, 11) is 4.97. The number of methoxy groups -OCH3 is 2. The molecule has 0 amide bonds. The molecule has 0 saturated carbocycles. The van der Waals surface area contributed by atoms with E-state index in [0.29, 0.717) is 6.61 Å². The molecule has 21 heavy (non-hydrogen) atoms. The highest BCUT2D eigenvalue weighted by atomic mass is 16.5. The van der Waals surface area contributed by atoms with Gasteiger partial charge in [-0.15, -0.1) is 0 Å². The quantitative estimate of drug-likeness (QED) is 0.882. The van der Waals surface area contributed by atoms with E-state index in [0.717, 1.165) is 16.8 Å². The molecule has 2 aromatic rings. The zero-order chi connectivity index (χ0) is 15.4. The van der Waals surface area contributed by atoms with Crippen LogP contribution >= 0.6 is 0 Å². The molecular formula is C15H18N2O4. The van der Waals surface area contributed by atoms with Gasteiger partial charge >= 0.3 is 5.97 Å². The number of carboxylic acids is 1. The van der Waals surface area contributed by atoms with Gasteiger partial charge in [0.25, 0.3) is 0 Å². The Morgan fingerprint density at radius 2 is 2.14 bits per heavy atom. The van der Waals surface area contributed by atoms with Gasteiger partial charge in [-0.1, -0.05) is 18.2 Å². The van der Waals surface area contributed by atoms with Gasteiger partial charge in [-0.3, -0.25) is 4.68 Å². The number of rotatable bonds is 6. The van der Waals surface area contributed by atoms with Gasteiger partial charge in [0, 0.05) is 26.8 Å². The average molecular weight is 290 g/mol. The molecule has 112 valence electrons. The third-order valence-corrected chi connectivity index (χ3v) is 3.26. The largest absolute Gasteiger partial charge is 0.476 e. The minimum atomic E-state index is -1.04. The number of carboxylic acid groups (broad SMARTS) is 1. The Morgan fingerprint density at radius 1 is 1.38 bits per heavy atom. The van der Waals surface area contributed by atoms with E-state index < -0.39 is 5.97 Å². The van der Waals surface area contributed by atoms with E-state index in [9.17, 15) is 4.79 Å². The highest BCUT2D eigenvalue weighted by Crippen LogP contribution is 2.25. The number of hydrogen-bond donors (Lipinski definition) is 1. The predicted molar refractivity (Wildman–Crippen MR) is 77.2 cm³/mol. The third-order valence-electron chi connectivity index (χ3n) is 3.26. The second-order valence-electron chi connectivity index (χ2n) is 4.65. The van der Waals surface area contributed by atoms with Crippen molar-refractivity contribution in [2.24, 2.45) is 7.05 Å². The van der Waals surface area contributed by atoms with Crippen molar-refractivity contribution in [3.05, 3.63) is 41.6 Å². The number of benzene rings is 1. The van der Waals surface area contributed by atoms with Gasteiger partial charge in [0.15, 0.2) is 5.69 Å². The first kappa shape index (κ1) is 15.2. The van der Waals surface area contributed by atoms with E-state index in [1.54, 1.807) is 32.0 Å². The van der Waals surface area contributed by atoms with Crippen molar-refractivity contribution < 1.29 is 19.4 Å². The minimum absolute atomic E-state index is 0.0260. The SMILES string of the molecule is COCC(OC)c1cccc(-c2cc(C(=O)O)nn2C)c1. The summed E-state index contributed by atoms with van der Waals surface area (Å²) in [4.78, 5) is 11.0. The molecule has 6 nitrogen and oxygen atoms in total. The van der Waals surface area contributed by atoms with Crippen LogP contribution < -0.4 is 0 Å². The Balaban J connectivity index is 2.39. The summed E-state index contributed by atoms with van der Waals surface area (Å²) in [5, 5.41) is 13.0. The fourth-order valence-electron chi connectivity index (χ4n) is 2.19. The Bertz CT molecular complexity index is 636. The fourth-order valence-corrected chi connectivity index (χ4v) is 2.19. The maximum absolute atomic E-state index is 11.0. The van der Waals surface area contributed by atoms with Gasteiger partial charge in [0.1, 0.15) is 6.10 Å². The first-order valence-electron chi connectivity index (χ1n) is 6.46. The Kier molecular flexibility index (Phi) is 4.72. The number of nitrogens with zero attached hydrogens (tertiary/aromatic N) is 2. The Hall–Kier alpha value is -2.18. The van der Waals surface area contributed by atoms with Crippen LogP contribution in [0.1, 0.15) is 22.2 Å². The summed E-state index contributed by atoms with van der Waals surface area (Å²) in [5.74, 6) is -1.04. The second-order valence-corrected chi connectivity index (χ2v) is 4.65. The van der Waals surface area contributed by atoms with Crippen LogP contribution in [0.25, 0.3) is 11.3 Å². The lowest BCUT2D eigenvalue weighted by atomic mass is 10.0. The van der Waals surface area contributed by atoms with Crippen LogP contribution in [0.5, 0.6) is 0 Å². The summed E-state index contributed by atoms with van der Waals surface area (Å²) < 4.78 is 12.1. The van der Waals surface area contributed by atoms with Gasteiger partial charge in [-0.05, 0) is 17.7 Å². The highest BCUT2D eigenvalue weighted by molar-refractivity contribution is 5.87. The van der Waals surface area contributed by atoms with Crippen LogP contribution in [0.3, 0.4) is 0 Å². The highest BCUT2D eigenvalue weighted by Gasteiger charge is 2.15. The van der Waals surface area contributed by atoms with Crippen LogP contribution in [0.2, 0.25) is 0 Å². The van der Waals surface area contributed by atoms with Crippen molar-refractivity contribution in [2.45, 2.75) is 6.10 Å². The summed E-state index contributed by atoms with van der Waals surface area (Å²) >= 11 is 0. The van der Waals surface area contributed by atoms with Gasteiger partial charge in [-0.25, -0.2) is 4.79 Å². The number of aromatic carboxylic acids is 1. The van der Waals surface area contributed by atoms with Crippen LogP contribution in [0, 0.1) is 0 Å². The molecule has 1 atom stereocenters. The first-order chi connectivity index (χ1) is 10.1. The summed E-state index contributed by atoms with van der Waals surface area (Å²) in [6.45, 7) is 0.450. The van der Waals surface area contributed by atoms with Gasteiger partial charge in [0.05, 0.1) is 12.3 Å². The molecule has 1 heterocycles. The standard InChI is InChI=1S/C15H18N2O4/c1-17-13(8-12(16-17)15(18)19)10-5-4-6-11(7-10)14(21-3)9-20-2/h4-8,14H,9H2,1-3H3,(H,18,19). The molecule has 0 aliphatic carbocycles. The molecule has 0 aliphatic heterocycles. The maximum atomic E-state index is 11.0. The molecule has 1 N–H and O–H groups in total. The molecule has 0 fully saturated rings. The summed E-state index contributed by atoms with van der Waals surface area (Å²) in [5.41, 5.74) is 2.61. The van der Waals surface area contributed by atoms with Gasteiger partial charge in [-0.2, -0.15) is 5.10 Å². The lowest BCUT2D eigenvalue weighted by Gasteiger charge is -2.15. The average Bonchev–Trinajstić information content (AvgIpc) is 2.87. The smallest absolute Gasteiger partial charge is 0.356 e. The summed E-state index contributed by atoms with van der Waals surface area (Å²) in [6, 6.07) is 9.27. The monoisotopic (exact) mass is 290 g/mol. The minimum Gasteiger partial charge on any atom is -0.476 e. The van der Waals surface area contributed by atoms with E-state index in [4.69, 9.17) is 14.6 Å². The van der Waals surface area contributed by atoms with E-state index in [-0.39, 0.29) is 11.8 Å². The molecule has 0 radical (unpaired) electrons. The second kappa shape index (κ2) is 6.51. The maximum Gasteiger partial charge on any atom is 0.356 e. The first-order valence-corrected chi connectivity index (χ1v) is 6.46. The zero-order valence-electron chi connectivity index (χ0n) is 12.2. The molecule has 1 unspecified atom stereocenters. The predicted octanol–water partition coefficient (Wildman–Crippen LogP) is 2.12. The number of hydrogen-bond acceptors (Lipinski definition) is 4. The molecule has 1 aromatic heterocycles. The zero-order valence-corrected chi connectivity index (χ0v) is 12.2. The van der Waals surface area contributed by atoms with Gasteiger partial charge < -0.3 is 14.6 Å². The van der Waals surface area contributed by atoms with Crippen LogP contribution in [-0.2, 0) is 16.5 Å². The van der Waals surface area contributed by atoms with Crippen molar-refractivity contribution in [3.63, 3.8) is 0 Å². The van der Waals surface area contributed by atoms with E-state index in [2.05, 4.69) is 5.10 Å². The van der Waals surface area contributed by atoms with E-state index >= 15 is 0 Å².